The fraction of sp³-hybridized carbons (Fsp3) is 0. The first-order valence-corrected chi connectivity index (χ1v) is 7.21. The zero-order valence-electron chi connectivity index (χ0n) is 12.2. The number of nitriles is 1. The lowest BCUT2D eigenvalue weighted by molar-refractivity contribution is -0.874. The van der Waals surface area contributed by atoms with Crippen molar-refractivity contribution in [3.8, 4) is 11.8 Å². The molecule has 3 aromatic carbocycles. The van der Waals surface area contributed by atoms with Gasteiger partial charge in [-0.1, -0.05) is 48.5 Å². The monoisotopic (exact) mass is 298 g/mol. The topological polar surface area (TPSA) is 49.8 Å². The summed E-state index contributed by atoms with van der Waals surface area (Å²) < 4.78 is 1.60. The molecule has 108 valence electrons. The minimum absolute atomic E-state index is 0.670. The highest BCUT2D eigenvalue weighted by Gasteiger charge is 2.17. The highest BCUT2D eigenvalue weighted by Crippen LogP contribution is 2.37. The van der Waals surface area contributed by atoms with Gasteiger partial charge in [-0.25, -0.2) is 4.84 Å². The van der Waals surface area contributed by atoms with E-state index in [1.165, 1.54) is 0 Å². The van der Waals surface area contributed by atoms with Gasteiger partial charge in [0.15, 0.2) is 0 Å². The smallest absolute Gasteiger partial charge is 0.241 e. The molecule has 4 rings (SSSR count). The van der Waals surface area contributed by atoms with Crippen molar-refractivity contribution in [2.24, 2.45) is 0 Å². The minimum Gasteiger partial charge on any atom is -0.252 e. The molecule has 4 nitrogen and oxygen atoms in total. The van der Waals surface area contributed by atoms with Crippen molar-refractivity contribution in [2.45, 2.75) is 0 Å². The number of hydrogen-bond acceptors (Lipinski definition) is 3. The summed E-state index contributed by atoms with van der Waals surface area (Å²) in [6, 6.07) is 17.9. The first-order chi connectivity index (χ1) is 11.4. The Morgan fingerprint density at radius 3 is 1.87 bits per heavy atom. The summed E-state index contributed by atoms with van der Waals surface area (Å²) in [6.07, 6.45) is 6.80. The maximum Gasteiger partial charge on any atom is 0.241 e. The van der Waals surface area contributed by atoms with Crippen molar-refractivity contribution in [2.75, 3.05) is 0 Å². The van der Waals surface area contributed by atoms with E-state index in [9.17, 15) is 5.26 Å². The lowest BCUT2D eigenvalue weighted by Crippen LogP contribution is -2.38. The highest BCUT2D eigenvalue weighted by molar-refractivity contribution is 6.10. The van der Waals surface area contributed by atoms with Gasteiger partial charge in [0, 0.05) is 26.3 Å². The third-order valence-corrected chi connectivity index (χ3v) is 3.79. The van der Waals surface area contributed by atoms with Crippen LogP contribution in [0.4, 0.5) is 0 Å². The van der Waals surface area contributed by atoms with Crippen LogP contribution in [0.15, 0.2) is 73.3 Å². The Morgan fingerprint density at radius 1 is 0.826 bits per heavy atom. The van der Waals surface area contributed by atoms with Gasteiger partial charge in [0.05, 0.1) is 18.0 Å². The van der Waals surface area contributed by atoms with Gasteiger partial charge in [-0.3, -0.25) is 4.98 Å². The Kier molecular flexibility index (Phi) is 3.10. The normalized spacial score (nSPS) is 10.6. The fourth-order valence-corrected chi connectivity index (χ4v) is 2.78. The molecule has 0 bridgehead atoms. The van der Waals surface area contributed by atoms with Crippen LogP contribution in [0, 0.1) is 11.3 Å². The van der Waals surface area contributed by atoms with Crippen LogP contribution in [0.25, 0.3) is 21.5 Å². The van der Waals surface area contributed by atoms with E-state index in [2.05, 4.69) is 11.1 Å². The van der Waals surface area contributed by atoms with E-state index in [1.807, 2.05) is 48.5 Å². The van der Waals surface area contributed by atoms with Crippen LogP contribution in [0.2, 0.25) is 0 Å². The maximum atomic E-state index is 9.61. The molecule has 1 aromatic heterocycles. The van der Waals surface area contributed by atoms with Crippen molar-refractivity contribution >= 4 is 21.5 Å². The Morgan fingerprint density at radius 2 is 1.35 bits per heavy atom. The summed E-state index contributed by atoms with van der Waals surface area (Å²) in [5.41, 5.74) is 0.670. The van der Waals surface area contributed by atoms with Crippen LogP contribution >= 0.6 is 0 Å². The van der Waals surface area contributed by atoms with E-state index >= 15 is 0 Å². The summed E-state index contributed by atoms with van der Waals surface area (Å²) in [6.45, 7) is 0. The largest absolute Gasteiger partial charge is 0.252 e. The van der Waals surface area contributed by atoms with Crippen LogP contribution in [0.3, 0.4) is 0 Å². The summed E-state index contributed by atoms with van der Waals surface area (Å²) in [5, 5.41) is 13.2. The van der Waals surface area contributed by atoms with Crippen LogP contribution in [-0.4, -0.2) is 4.98 Å². The van der Waals surface area contributed by atoms with Crippen LogP contribution in [0.1, 0.15) is 5.56 Å². The highest BCUT2D eigenvalue weighted by atomic mass is 16.7. The molecule has 0 saturated heterocycles. The predicted octanol–water partition coefficient (Wildman–Crippen LogP) is 3.39. The third kappa shape index (κ3) is 2.16. The Bertz CT molecular complexity index is 996. The van der Waals surface area contributed by atoms with Gasteiger partial charge >= 0.3 is 0 Å². The van der Waals surface area contributed by atoms with Crippen molar-refractivity contribution < 1.29 is 9.57 Å². The van der Waals surface area contributed by atoms with Crippen molar-refractivity contribution in [1.82, 2.24) is 4.98 Å². The molecular formula is C19H12N3O+. The lowest BCUT2D eigenvalue weighted by Gasteiger charge is -2.10. The molecule has 23 heavy (non-hydrogen) atoms. The van der Waals surface area contributed by atoms with E-state index in [0.29, 0.717) is 5.56 Å². The molecule has 0 fully saturated rings. The van der Waals surface area contributed by atoms with Gasteiger partial charge in [-0.15, -0.1) is 0 Å². The second kappa shape index (κ2) is 5.39. The SMILES string of the molecule is N#Cc1c2ccccc2c(O[n+]2ccncc2)c2ccccc12. The second-order valence-electron chi connectivity index (χ2n) is 5.10. The number of hydrogen-bond donors (Lipinski definition) is 0. The number of benzene rings is 3. The first kappa shape index (κ1) is 13.2. The van der Waals surface area contributed by atoms with Crippen LogP contribution in [0.5, 0.6) is 5.75 Å². The van der Waals surface area contributed by atoms with E-state index in [1.54, 1.807) is 29.5 Å². The molecule has 4 aromatic rings. The molecule has 0 spiro atoms. The first-order valence-electron chi connectivity index (χ1n) is 7.21. The standard InChI is InChI=1S/C19H12N3O/c20-13-18-14-5-1-3-7-16(14)19(17-8-4-2-6-15(17)18)23-22-11-9-21-10-12-22/h1-12H/q+1. The number of aromatic nitrogens is 2. The minimum atomic E-state index is 0.670. The molecule has 0 aliphatic carbocycles. The third-order valence-electron chi connectivity index (χ3n) is 3.79. The van der Waals surface area contributed by atoms with E-state index in [-0.39, 0.29) is 0 Å². The average Bonchev–Trinajstić information content (AvgIpc) is 2.62. The summed E-state index contributed by atoms with van der Waals surface area (Å²) in [5.74, 6) is 0.728. The predicted molar refractivity (Wildman–Crippen MR) is 86.6 cm³/mol. The van der Waals surface area contributed by atoms with Crippen LogP contribution in [-0.2, 0) is 0 Å². The Balaban J connectivity index is 2.10. The van der Waals surface area contributed by atoms with Crippen LogP contribution < -0.4 is 9.57 Å². The average molecular weight is 298 g/mol. The summed E-state index contributed by atoms with van der Waals surface area (Å²) >= 11 is 0. The molecule has 0 saturated carbocycles. The molecule has 0 aliphatic heterocycles. The van der Waals surface area contributed by atoms with E-state index < -0.39 is 0 Å². The summed E-state index contributed by atoms with van der Waals surface area (Å²) in [7, 11) is 0. The summed E-state index contributed by atoms with van der Waals surface area (Å²) in [4.78, 5) is 10.1. The molecular weight excluding hydrogens is 286 g/mol. The molecule has 0 atom stereocenters. The van der Waals surface area contributed by atoms with Gasteiger partial charge in [0.2, 0.25) is 18.1 Å². The molecule has 0 aliphatic rings. The molecule has 0 unspecified atom stereocenters. The van der Waals surface area contributed by atoms with E-state index in [4.69, 9.17) is 4.84 Å². The number of nitrogens with zero attached hydrogens (tertiary/aromatic N) is 3. The van der Waals surface area contributed by atoms with E-state index in [0.717, 1.165) is 27.3 Å². The maximum absolute atomic E-state index is 9.61. The Labute approximate surface area is 132 Å². The quantitative estimate of drug-likeness (QED) is 0.421. The molecule has 0 radical (unpaired) electrons. The van der Waals surface area contributed by atoms with Crippen molar-refractivity contribution in [3.63, 3.8) is 0 Å². The number of fused-ring (bicyclic) bond motifs is 2. The Hall–Kier alpha value is -3.45. The number of rotatable bonds is 2. The zero-order chi connectivity index (χ0) is 15.6. The van der Waals surface area contributed by atoms with Gasteiger partial charge in [-0.2, -0.15) is 5.26 Å². The fourth-order valence-electron chi connectivity index (χ4n) is 2.78. The molecule has 0 N–H and O–H groups in total. The van der Waals surface area contributed by atoms with Gasteiger partial charge in [-0.05, 0) is 0 Å². The van der Waals surface area contributed by atoms with Crippen molar-refractivity contribution in [1.29, 1.82) is 5.26 Å². The zero-order valence-corrected chi connectivity index (χ0v) is 12.2. The van der Waals surface area contributed by atoms with Crippen molar-refractivity contribution in [3.05, 3.63) is 78.9 Å². The van der Waals surface area contributed by atoms with Gasteiger partial charge in [0.25, 0.3) is 0 Å². The van der Waals surface area contributed by atoms with Gasteiger partial charge in [0.1, 0.15) is 6.07 Å². The lowest BCUT2D eigenvalue weighted by atomic mass is 9.96. The molecule has 0 amide bonds. The van der Waals surface area contributed by atoms with Gasteiger partial charge < -0.3 is 0 Å². The molecule has 1 heterocycles. The molecule has 4 heteroatoms. The second-order valence-corrected chi connectivity index (χ2v) is 5.10.